The average Bonchev–Trinajstić information content (AvgIpc) is 2.83. The van der Waals surface area contributed by atoms with Crippen molar-refractivity contribution in [3.63, 3.8) is 0 Å². The topological polar surface area (TPSA) is 19.9 Å². The second kappa shape index (κ2) is 9.53. The lowest BCUT2D eigenvalue weighted by Crippen LogP contribution is -2.11. The van der Waals surface area contributed by atoms with E-state index in [1.807, 2.05) is 0 Å². The highest BCUT2D eigenvalue weighted by Gasteiger charge is 2.21. The van der Waals surface area contributed by atoms with Crippen LogP contribution in [0.1, 0.15) is 79.0 Å². The predicted molar refractivity (Wildman–Crippen MR) is 159 cm³/mol. The summed E-state index contributed by atoms with van der Waals surface area (Å²) in [5, 5.41) is 14.1. The molecule has 0 aliphatic rings. The van der Waals surface area contributed by atoms with Crippen LogP contribution in [-0.2, 0) is 21.4 Å². The smallest absolute Gasteiger partial charge is 0.194 e. The van der Waals surface area contributed by atoms with Crippen molar-refractivity contribution in [2.75, 3.05) is 0 Å². The molecule has 0 spiro atoms. The van der Waals surface area contributed by atoms with Crippen LogP contribution in [0.25, 0.3) is 33.4 Å². The molecule has 0 atom stereocenters. The van der Waals surface area contributed by atoms with Crippen molar-refractivity contribution in [1.82, 2.24) is 0 Å². The zero-order valence-corrected chi connectivity index (χ0v) is 24.0. The van der Waals surface area contributed by atoms with Gasteiger partial charge in [0, 0.05) is 11.1 Å². The van der Waals surface area contributed by atoms with Gasteiger partial charge in [-0.3, -0.25) is 5.11 Å². The van der Waals surface area contributed by atoms with Gasteiger partial charge < -0.3 is 0 Å². The molecule has 0 bridgehead atoms. The molecule has 4 aromatic carbocycles. The Balaban J connectivity index is 2.00. The number of hydrogen-bond acceptors (Lipinski definition) is 0. The largest absolute Gasteiger partial charge is 0.289 e. The maximum atomic E-state index is 14.1. The molecule has 37 heavy (non-hydrogen) atoms. The first-order valence-corrected chi connectivity index (χ1v) is 13.3. The SMILES string of the molecule is CC(C)(C)c1cccc(-c2cc(-c3cccc(C(C)(C)C)c3)c([O])c(-c3cccc(C(C)(C)C)c3)c2)c1. The molecular weight excluding hydrogens is 448 g/mol. The zero-order chi connectivity index (χ0) is 27.2. The Bertz CT molecular complexity index is 1340. The molecular formula is C36H41O. The predicted octanol–water partition coefficient (Wildman–Crippen LogP) is 10.7. The van der Waals surface area contributed by atoms with Crippen LogP contribution in [0.5, 0.6) is 5.75 Å². The molecule has 0 amide bonds. The minimum Gasteiger partial charge on any atom is -0.289 e. The Morgan fingerprint density at radius 2 is 0.730 bits per heavy atom. The van der Waals surface area contributed by atoms with E-state index in [1.165, 1.54) is 16.7 Å². The van der Waals surface area contributed by atoms with Gasteiger partial charge in [-0.25, -0.2) is 0 Å². The maximum Gasteiger partial charge on any atom is 0.194 e. The van der Waals surface area contributed by atoms with Crippen LogP contribution in [0, 0.1) is 0 Å². The van der Waals surface area contributed by atoms with E-state index in [9.17, 15) is 5.11 Å². The van der Waals surface area contributed by atoms with Crippen LogP contribution in [-0.4, -0.2) is 0 Å². The Hall–Kier alpha value is -3.32. The van der Waals surface area contributed by atoms with E-state index in [0.717, 1.165) is 33.4 Å². The van der Waals surface area contributed by atoms with Crippen molar-refractivity contribution in [2.24, 2.45) is 0 Å². The second-order valence-electron chi connectivity index (χ2n) is 13.4. The molecule has 0 saturated carbocycles. The first kappa shape index (κ1) is 26.7. The third-order valence-electron chi connectivity index (χ3n) is 7.23. The maximum absolute atomic E-state index is 14.1. The van der Waals surface area contributed by atoms with Crippen molar-refractivity contribution in [3.05, 3.63) is 102 Å². The minimum atomic E-state index is 0.00157. The summed E-state index contributed by atoms with van der Waals surface area (Å²) in [5.74, 6) is 0.0767. The van der Waals surface area contributed by atoms with Gasteiger partial charge in [0.05, 0.1) is 0 Å². The summed E-state index contributed by atoms with van der Waals surface area (Å²) >= 11 is 0. The van der Waals surface area contributed by atoms with Crippen LogP contribution in [0.15, 0.2) is 84.9 Å². The lowest BCUT2D eigenvalue weighted by molar-refractivity contribution is 0.358. The highest BCUT2D eigenvalue weighted by molar-refractivity contribution is 5.88. The van der Waals surface area contributed by atoms with E-state index in [0.29, 0.717) is 0 Å². The van der Waals surface area contributed by atoms with Gasteiger partial charge >= 0.3 is 0 Å². The van der Waals surface area contributed by atoms with Gasteiger partial charge in [0.1, 0.15) is 0 Å². The molecule has 0 fully saturated rings. The Kier molecular flexibility index (Phi) is 6.88. The van der Waals surface area contributed by atoms with Gasteiger partial charge in [-0.1, -0.05) is 135 Å². The highest BCUT2D eigenvalue weighted by Crippen LogP contribution is 2.44. The van der Waals surface area contributed by atoms with Crippen molar-refractivity contribution >= 4 is 0 Å². The van der Waals surface area contributed by atoms with Crippen LogP contribution in [0.2, 0.25) is 0 Å². The molecule has 0 aromatic heterocycles. The molecule has 0 aliphatic carbocycles. The first-order chi connectivity index (χ1) is 17.1. The van der Waals surface area contributed by atoms with Gasteiger partial charge in [-0.2, -0.15) is 0 Å². The molecule has 1 nitrogen and oxygen atoms in total. The Morgan fingerprint density at radius 1 is 0.405 bits per heavy atom. The molecule has 0 saturated heterocycles. The summed E-state index contributed by atoms with van der Waals surface area (Å²) in [4.78, 5) is 0. The number of benzene rings is 4. The van der Waals surface area contributed by atoms with E-state index >= 15 is 0 Å². The van der Waals surface area contributed by atoms with Crippen molar-refractivity contribution in [1.29, 1.82) is 0 Å². The highest BCUT2D eigenvalue weighted by atomic mass is 16.3. The fraction of sp³-hybridized carbons (Fsp3) is 0.333. The van der Waals surface area contributed by atoms with Gasteiger partial charge in [-0.15, -0.1) is 0 Å². The van der Waals surface area contributed by atoms with E-state index in [-0.39, 0.29) is 22.0 Å². The molecule has 0 aliphatic heterocycles. The molecule has 0 N–H and O–H groups in total. The van der Waals surface area contributed by atoms with Gasteiger partial charge in [0.25, 0.3) is 0 Å². The van der Waals surface area contributed by atoms with Crippen LogP contribution in [0.4, 0.5) is 0 Å². The Labute approximate surface area is 224 Å². The molecule has 1 radical (unpaired) electrons. The Morgan fingerprint density at radius 3 is 1.08 bits per heavy atom. The minimum absolute atomic E-state index is 0.00157. The monoisotopic (exact) mass is 489 g/mol. The molecule has 0 heterocycles. The summed E-state index contributed by atoms with van der Waals surface area (Å²) < 4.78 is 0. The summed E-state index contributed by atoms with van der Waals surface area (Å²) in [6.07, 6.45) is 0. The van der Waals surface area contributed by atoms with Gasteiger partial charge in [0.15, 0.2) is 5.75 Å². The van der Waals surface area contributed by atoms with E-state index in [4.69, 9.17) is 0 Å². The summed E-state index contributed by atoms with van der Waals surface area (Å²) in [6, 6.07) is 29.8. The fourth-order valence-electron chi connectivity index (χ4n) is 4.70. The van der Waals surface area contributed by atoms with E-state index < -0.39 is 0 Å². The lowest BCUT2D eigenvalue weighted by atomic mass is 9.83. The summed E-state index contributed by atoms with van der Waals surface area (Å²) in [5.41, 5.74) is 9.42. The summed E-state index contributed by atoms with van der Waals surface area (Å²) in [7, 11) is 0. The van der Waals surface area contributed by atoms with Crippen LogP contribution < -0.4 is 0 Å². The van der Waals surface area contributed by atoms with Gasteiger partial charge in [-0.05, 0) is 67.3 Å². The third-order valence-corrected chi connectivity index (χ3v) is 7.23. The molecule has 4 aromatic rings. The molecule has 1 heteroatoms. The molecule has 191 valence electrons. The second-order valence-corrected chi connectivity index (χ2v) is 13.4. The molecule has 0 unspecified atom stereocenters. The summed E-state index contributed by atoms with van der Waals surface area (Å²) in [6.45, 7) is 20.0. The fourth-order valence-corrected chi connectivity index (χ4v) is 4.70. The van der Waals surface area contributed by atoms with Crippen molar-refractivity contribution in [2.45, 2.75) is 78.6 Å². The number of hydrogen-bond donors (Lipinski definition) is 0. The van der Waals surface area contributed by atoms with Gasteiger partial charge in [0.2, 0.25) is 0 Å². The standard InChI is InChI=1S/C36H41O/c1-34(2,3)28-16-10-13-24(19-28)27-22-31(25-14-11-17-29(20-25)35(4,5)6)33(37)32(23-27)26-15-12-18-30(21-26)36(7,8)9/h10-23H,1-9H3. The molecule has 4 rings (SSSR count). The zero-order valence-electron chi connectivity index (χ0n) is 24.0. The number of rotatable bonds is 3. The van der Waals surface area contributed by atoms with Crippen LogP contribution in [0.3, 0.4) is 0 Å². The lowest BCUT2D eigenvalue weighted by Gasteiger charge is -2.22. The quantitative estimate of drug-likeness (QED) is 0.273. The third kappa shape index (κ3) is 5.82. The van der Waals surface area contributed by atoms with Crippen molar-refractivity contribution < 1.29 is 5.11 Å². The average molecular weight is 490 g/mol. The van der Waals surface area contributed by atoms with Crippen LogP contribution >= 0.6 is 0 Å². The first-order valence-electron chi connectivity index (χ1n) is 13.3. The van der Waals surface area contributed by atoms with E-state index in [2.05, 4.69) is 147 Å². The normalized spacial score (nSPS) is 12.6. The van der Waals surface area contributed by atoms with Crippen molar-refractivity contribution in [3.8, 4) is 39.1 Å². The van der Waals surface area contributed by atoms with E-state index in [1.54, 1.807) is 0 Å².